The number of carboxylic acid groups (broad SMARTS) is 1. The summed E-state index contributed by atoms with van der Waals surface area (Å²) in [5.74, 6) is 0.602. The minimum absolute atomic E-state index is 0.507. The molecule has 0 atom stereocenters. The Morgan fingerprint density at radius 1 is 1.33 bits per heavy atom. The Balaban J connectivity index is 1.96. The first-order chi connectivity index (χ1) is 7.25. The SMILES string of the molecule is O=C(O)N(Cc1ccccc1)CC1CC1. The Morgan fingerprint density at radius 3 is 2.53 bits per heavy atom. The first-order valence-corrected chi connectivity index (χ1v) is 5.27. The van der Waals surface area contributed by atoms with Gasteiger partial charge in [-0.25, -0.2) is 4.79 Å². The molecule has 0 unspecified atom stereocenters. The summed E-state index contributed by atoms with van der Waals surface area (Å²) < 4.78 is 0. The van der Waals surface area contributed by atoms with Crippen molar-refractivity contribution in [3.8, 4) is 0 Å². The van der Waals surface area contributed by atoms with Crippen LogP contribution in [0.1, 0.15) is 18.4 Å². The molecule has 1 fully saturated rings. The number of rotatable bonds is 4. The summed E-state index contributed by atoms with van der Waals surface area (Å²) in [6.07, 6.45) is 1.54. The molecule has 1 saturated carbocycles. The summed E-state index contributed by atoms with van der Waals surface area (Å²) in [7, 11) is 0. The summed E-state index contributed by atoms with van der Waals surface area (Å²) >= 11 is 0. The quantitative estimate of drug-likeness (QED) is 0.820. The molecule has 1 aromatic carbocycles. The number of benzene rings is 1. The molecule has 0 heterocycles. The van der Waals surface area contributed by atoms with E-state index in [0.29, 0.717) is 19.0 Å². The van der Waals surface area contributed by atoms with Gasteiger partial charge in [0.05, 0.1) is 0 Å². The van der Waals surface area contributed by atoms with Crippen LogP contribution in [-0.2, 0) is 6.54 Å². The third kappa shape index (κ3) is 2.98. The van der Waals surface area contributed by atoms with Gasteiger partial charge in [0, 0.05) is 13.1 Å². The third-order valence-electron chi connectivity index (χ3n) is 2.66. The molecule has 0 radical (unpaired) electrons. The lowest BCUT2D eigenvalue weighted by Crippen LogP contribution is -2.30. The number of nitrogens with zero attached hydrogens (tertiary/aromatic N) is 1. The summed E-state index contributed by atoms with van der Waals surface area (Å²) in [6.45, 7) is 1.19. The highest BCUT2D eigenvalue weighted by molar-refractivity contribution is 5.65. The van der Waals surface area contributed by atoms with Gasteiger partial charge in [0.25, 0.3) is 0 Å². The van der Waals surface area contributed by atoms with E-state index in [9.17, 15) is 4.79 Å². The predicted octanol–water partition coefficient (Wildman–Crippen LogP) is 2.58. The van der Waals surface area contributed by atoms with E-state index < -0.39 is 6.09 Å². The zero-order valence-electron chi connectivity index (χ0n) is 8.60. The second kappa shape index (κ2) is 4.34. The molecule has 1 aliphatic carbocycles. The van der Waals surface area contributed by atoms with Crippen LogP contribution in [0.25, 0.3) is 0 Å². The first kappa shape index (κ1) is 10.0. The molecule has 1 aliphatic rings. The highest BCUT2D eigenvalue weighted by Crippen LogP contribution is 2.30. The fourth-order valence-electron chi connectivity index (χ4n) is 1.63. The number of hydrogen-bond donors (Lipinski definition) is 1. The molecular weight excluding hydrogens is 190 g/mol. The zero-order chi connectivity index (χ0) is 10.7. The molecule has 3 nitrogen and oxygen atoms in total. The van der Waals surface area contributed by atoms with Gasteiger partial charge < -0.3 is 10.0 Å². The minimum atomic E-state index is -0.814. The van der Waals surface area contributed by atoms with Gasteiger partial charge in [0.15, 0.2) is 0 Å². The summed E-state index contributed by atoms with van der Waals surface area (Å²) in [4.78, 5) is 12.5. The molecule has 80 valence electrons. The van der Waals surface area contributed by atoms with Crippen molar-refractivity contribution < 1.29 is 9.90 Å². The Morgan fingerprint density at radius 2 is 2.00 bits per heavy atom. The second-order valence-corrected chi connectivity index (χ2v) is 4.09. The van der Waals surface area contributed by atoms with E-state index in [1.807, 2.05) is 30.3 Å². The molecule has 3 heteroatoms. The fraction of sp³-hybridized carbons (Fsp3) is 0.417. The Labute approximate surface area is 89.3 Å². The van der Waals surface area contributed by atoms with E-state index >= 15 is 0 Å². The maximum atomic E-state index is 11.0. The molecule has 15 heavy (non-hydrogen) atoms. The molecule has 0 aliphatic heterocycles. The summed E-state index contributed by atoms with van der Waals surface area (Å²) in [6, 6.07) is 9.74. The van der Waals surface area contributed by atoms with Crippen LogP contribution in [0.3, 0.4) is 0 Å². The van der Waals surface area contributed by atoms with Crippen molar-refractivity contribution in [2.24, 2.45) is 5.92 Å². The first-order valence-electron chi connectivity index (χ1n) is 5.27. The van der Waals surface area contributed by atoms with E-state index in [-0.39, 0.29) is 0 Å². The smallest absolute Gasteiger partial charge is 0.407 e. The lowest BCUT2D eigenvalue weighted by Gasteiger charge is -2.18. The number of amides is 1. The summed E-state index contributed by atoms with van der Waals surface area (Å²) in [5.41, 5.74) is 1.06. The van der Waals surface area contributed by atoms with Crippen molar-refractivity contribution in [2.45, 2.75) is 19.4 Å². The highest BCUT2D eigenvalue weighted by atomic mass is 16.4. The van der Waals surface area contributed by atoms with Gasteiger partial charge >= 0.3 is 6.09 Å². The van der Waals surface area contributed by atoms with Crippen molar-refractivity contribution in [3.05, 3.63) is 35.9 Å². The monoisotopic (exact) mass is 205 g/mol. The highest BCUT2D eigenvalue weighted by Gasteiger charge is 2.26. The van der Waals surface area contributed by atoms with Crippen LogP contribution >= 0.6 is 0 Å². The average Bonchev–Trinajstić information content (AvgIpc) is 3.02. The number of hydrogen-bond acceptors (Lipinski definition) is 1. The van der Waals surface area contributed by atoms with Gasteiger partial charge in [-0.05, 0) is 24.3 Å². The Kier molecular flexibility index (Phi) is 2.90. The maximum Gasteiger partial charge on any atom is 0.407 e. The Hall–Kier alpha value is -1.51. The van der Waals surface area contributed by atoms with E-state index in [2.05, 4.69) is 0 Å². The molecule has 0 bridgehead atoms. The molecule has 1 amide bonds. The van der Waals surface area contributed by atoms with Gasteiger partial charge in [0.2, 0.25) is 0 Å². The van der Waals surface area contributed by atoms with Crippen LogP contribution in [0, 0.1) is 5.92 Å². The van der Waals surface area contributed by atoms with Crippen molar-refractivity contribution in [1.29, 1.82) is 0 Å². The van der Waals surface area contributed by atoms with Crippen LogP contribution in [-0.4, -0.2) is 22.6 Å². The molecule has 1 aromatic rings. The molecule has 1 N–H and O–H groups in total. The minimum Gasteiger partial charge on any atom is -0.465 e. The molecule has 0 spiro atoms. The van der Waals surface area contributed by atoms with E-state index in [1.54, 1.807) is 0 Å². The standard InChI is InChI=1S/C12H15NO2/c14-12(15)13(9-11-6-7-11)8-10-4-2-1-3-5-10/h1-5,11H,6-9H2,(H,14,15). The molecule has 2 rings (SSSR count). The van der Waals surface area contributed by atoms with Gasteiger partial charge in [-0.1, -0.05) is 30.3 Å². The van der Waals surface area contributed by atoms with Crippen LogP contribution in [0.15, 0.2) is 30.3 Å². The van der Waals surface area contributed by atoms with Crippen LogP contribution in [0.2, 0.25) is 0 Å². The van der Waals surface area contributed by atoms with Crippen molar-refractivity contribution >= 4 is 6.09 Å². The second-order valence-electron chi connectivity index (χ2n) is 4.09. The van der Waals surface area contributed by atoms with Crippen LogP contribution in [0.5, 0.6) is 0 Å². The van der Waals surface area contributed by atoms with E-state index in [0.717, 1.165) is 5.56 Å². The van der Waals surface area contributed by atoms with Gasteiger partial charge in [-0.2, -0.15) is 0 Å². The largest absolute Gasteiger partial charge is 0.465 e. The maximum absolute atomic E-state index is 11.0. The summed E-state index contributed by atoms with van der Waals surface area (Å²) in [5, 5.41) is 9.04. The van der Waals surface area contributed by atoms with E-state index in [1.165, 1.54) is 17.7 Å². The lowest BCUT2D eigenvalue weighted by molar-refractivity contribution is 0.140. The molecule has 0 aromatic heterocycles. The van der Waals surface area contributed by atoms with Crippen LogP contribution < -0.4 is 0 Å². The molecule has 0 saturated heterocycles. The Bertz CT molecular complexity index is 333. The van der Waals surface area contributed by atoms with Crippen molar-refractivity contribution in [1.82, 2.24) is 4.90 Å². The molecular formula is C12H15NO2. The normalized spacial score (nSPS) is 14.9. The van der Waals surface area contributed by atoms with Crippen molar-refractivity contribution in [3.63, 3.8) is 0 Å². The third-order valence-corrected chi connectivity index (χ3v) is 2.66. The van der Waals surface area contributed by atoms with Gasteiger partial charge in [-0.3, -0.25) is 0 Å². The van der Waals surface area contributed by atoms with E-state index in [4.69, 9.17) is 5.11 Å². The lowest BCUT2D eigenvalue weighted by atomic mass is 10.2. The average molecular weight is 205 g/mol. The fourth-order valence-corrected chi connectivity index (χ4v) is 1.63. The van der Waals surface area contributed by atoms with Gasteiger partial charge in [0.1, 0.15) is 0 Å². The van der Waals surface area contributed by atoms with Crippen LogP contribution in [0.4, 0.5) is 4.79 Å². The van der Waals surface area contributed by atoms with Gasteiger partial charge in [-0.15, -0.1) is 0 Å². The number of carbonyl (C=O) groups is 1. The van der Waals surface area contributed by atoms with Crippen molar-refractivity contribution in [2.75, 3.05) is 6.54 Å². The predicted molar refractivity (Wildman–Crippen MR) is 57.6 cm³/mol. The zero-order valence-corrected chi connectivity index (χ0v) is 8.60. The topological polar surface area (TPSA) is 40.5 Å².